The average Bonchev–Trinajstić information content (AvgIpc) is 2.91. The second-order valence-electron chi connectivity index (χ2n) is 4.19. The Morgan fingerprint density at radius 3 is 2.95 bits per heavy atom. The molecule has 0 aliphatic rings. The molecule has 2 rings (SSSR count). The third-order valence-electron chi connectivity index (χ3n) is 2.84. The molecule has 0 atom stereocenters. The lowest BCUT2D eigenvalue weighted by molar-refractivity contribution is 0.0786. The van der Waals surface area contributed by atoms with Crippen molar-refractivity contribution in [1.29, 1.82) is 0 Å². The molecule has 0 fully saturated rings. The van der Waals surface area contributed by atoms with E-state index in [1.807, 2.05) is 0 Å². The number of carbonyl (C=O) groups excluding carboxylic acids is 1. The summed E-state index contributed by atoms with van der Waals surface area (Å²) in [6.07, 6.45) is 3.43. The summed E-state index contributed by atoms with van der Waals surface area (Å²) in [5.41, 5.74) is 7.63. The first kappa shape index (κ1) is 12.9. The molecule has 100 valence electrons. The zero-order chi connectivity index (χ0) is 13.8. The average molecular weight is 260 g/mol. The number of ether oxygens (including phenoxy) is 1. The third-order valence-corrected chi connectivity index (χ3v) is 2.84. The minimum atomic E-state index is -0.155. The number of hydrogen-bond donors (Lipinski definition) is 2. The third kappa shape index (κ3) is 2.67. The highest BCUT2D eigenvalue weighted by molar-refractivity contribution is 6.00. The van der Waals surface area contributed by atoms with Gasteiger partial charge in [0.1, 0.15) is 5.75 Å². The number of hydrogen-bond acceptors (Lipinski definition) is 4. The number of carbonyl (C=O) groups is 1. The molecule has 1 amide bonds. The Morgan fingerprint density at radius 1 is 1.53 bits per heavy atom. The van der Waals surface area contributed by atoms with Gasteiger partial charge >= 0.3 is 0 Å². The number of methoxy groups -OCH3 is 1. The minimum Gasteiger partial charge on any atom is -0.495 e. The standard InChI is InChI=1S/C13H16N4O2/c1-17(8-9-6-15-16-7-9)13(18)10-4-3-5-11(19-2)12(10)14/h3-7H,8,14H2,1-2H3,(H,15,16). The summed E-state index contributed by atoms with van der Waals surface area (Å²) < 4.78 is 5.11. The highest BCUT2D eigenvalue weighted by Gasteiger charge is 2.17. The maximum atomic E-state index is 12.3. The Morgan fingerprint density at radius 2 is 2.32 bits per heavy atom. The molecule has 1 heterocycles. The van der Waals surface area contributed by atoms with Crippen molar-refractivity contribution in [2.45, 2.75) is 6.54 Å². The zero-order valence-corrected chi connectivity index (χ0v) is 10.9. The van der Waals surface area contributed by atoms with Gasteiger partial charge in [0.25, 0.3) is 5.91 Å². The van der Waals surface area contributed by atoms with Crippen LogP contribution in [0.4, 0.5) is 5.69 Å². The normalized spacial score (nSPS) is 10.2. The van der Waals surface area contributed by atoms with Crippen molar-refractivity contribution in [2.24, 2.45) is 0 Å². The number of rotatable bonds is 4. The summed E-state index contributed by atoms with van der Waals surface area (Å²) in [4.78, 5) is 13.9. The van der Waals surface area contributed by atoms with E-state index in [0.29, 0.717) is 23.5 Å². The molecule has 0 aliphatic carbocycles. The number of benzene rings is 1. The second kappa shape index (κ2) is 5.43. The monoisotopic (exact) mass is 260 g/mol. The van der Waals surface area contributed by atoms with Crippen molar-refractivity contribution in [3.05, 3.63) is 41.7 Å². The van der Waals surface area contributed by atoms with Crippen LogP contribution >= 0.6 is 0 Å². The number of nitrogens with two attached hydrogens (primary N) is 1. The first-order valence-corrected chi connectivity index (χ1v) is 5.79. The zero-order valence-electron chi connectivity index (χ0n) is 10.9. The van der Waals surface area contributed by atoms with Gasteiger partial charge in [-0.3, -0.25) is 9.89 Å². The summed E-state index contributed by atoms with van der Waals surface area (Å²) >= 11 is 0. The van der Waals surface area contributed by atoms with Crippen molar-refractivity contribution in [3.8, 4) is 5.75 Å². The van der Waals surface area contributed by atoms with Crippen LogP contribution in [0.1, 0.15) is 15.9 Å². The van der Waals surface area contributed by atoms with Gasteiger partial charge in [0.05, 0.1) is 24.6 Å². The number of nitrogens with one attached hydrogen (secondary N) is 1. The molecule has 0 saturated heterocycles. The van der Waals surface area contributed by atoms with E-state index in [2.05, 4.69) is 10.2 Å². The fourth-order valence-electron chi connectivity index (χ4n) is 1.82. The van der Waals surface area contributed by atoms with Crippen LogP contribution in [0.15, 0.2) is 30.6 Å². The highest BCUT2D eigenvalue weighted by Crippen LogP contribution is 2.25. The number of nitrogens with zero attached hydrogens (tertiary/aromatic N) is 2. The van der Waals surface area contributed by atoms with Crippen LogP contribution in [-0.2, 0) is 6.54 Å². The van der Waals surface area contributed by atoms with E-state index in [4.69, 9.17) is 10.5 Å². The first-order chi connectivity index (χ1) is 9.13. The minimum absolute atomic E-state index is 0.155. The van der Waals surface area contributed by atoms with E-state index in [0.717, 1.165) is 5.56 Å². The maximum absolute atomic E-state index is 12.3. The van der Waals surface area contributed by atoms with E-state index >= 15 is 0 Å². The lowest BCUT2D eigenvalue weighted by atomic mass is 10.1. The maximum Gasteiger partial charge on any atom is 0.256 e. The second-order valence-corrected chi connectivity index (χ2v) is 4.19. The number of nitrogen functional groups attached to an aromatic ring is 1. The molecule has 6 nitrogen and oxygen atoms in total. The molecule has 0 spiro atoms. The number of amides is 1. The van der Waals surface area contributed by atoms with E-state index < -0.39 is 0 Å². The van der Waals surface area contributed by atoms with Crippen molar-refractivity contribution in [1.82, 2.24) is 15.1 Å². The molecule has 6 heteroatoms. The number of para-hydroxylation sites is 1. The van der Waals surface area contributed by atoms with Gasteiger partial charge in [-0.1, -0.05) is 6.07 Å². The van der Waals surface area contributed by atoms with Gasteiger partial charge in [-0.2, -0.15) is 5.10 Å². The summed E-state index contributed by atoms with van der Waals surface area (Å²) in [6.45, 7) is 0.464. The smallest absolute Gasteiger partial charge is 0.256 e. The van der Waals surface area contributed by atoms with Gasteiger partial charge in [0, 0.05) is 25.4 Å². The molecule has 1 aromatic heterocycles. The van der Waals surface area contributed by atoms with Crippen LogP contribution in [-0.4, -0.2) is 35.2 Å². The lowest BCUT2D eigenvalue weighted by Gasteiger charge is -2.18. The Balaban J connectivity index is 2.19. The SMILES string of the molecule is COc1cccc(C(=O)N(C)Cc2cn[nH]c2)c1N. The molecule has 0 saturated carbocycles. The lowest BCUT2D eigenvalue weighted by Crippen LogP contribution is -2.26. The first-order valence-electron chi connectivity index (χ1n) is 5.79. The van der Waals surface area contributed by atoms with Crippen molar-refractivity contribution >= 4 is 11.6 Å². The van der Waals surface area contributed by atoms with Gasteiger partial charge in [-0.15, -0.1) is 0 Å². The Hall–Kier alpha value is -2.50. The molecule has 0 aliphatic heterocycles. The molecule has 19 heavy (non-hydrogen) atoms. The van der Waals surface area contributed by atoms with Crippen molar-refractivity contribution < 1.29 is 9.53 Å². The quantitative estimate of drug-likeness (QED) is 0.811. The molecular weight excluding hydrogens is 244 g/mol. The predicted molar refractivity (Wildman–Crippen MR) is 71.8 cm³/mol. The van der Waals surface area contributed by atoms with Crippen LogP contribution in [0, 0.1) is 0 Å². The molecule has 0 radical (unpaired) electrons. The molecule has 0 unspecified atom stereocenters. The highest BCUT2D eigenvalue weighted by atomic mass is 16.5. The molecular formula is C13H16N4O2. The van der Waals surface area contributed by atoms with E-state index in [-0.39, 0.29) is 5.91 Å². The summed E-state index contributed by atoms with van der Waals surface area (Å²) in [5, 5.41) is 6.56. The fraction of sp³-hybridized carbons (Fsp3) is 0.231. The number of aromatic amines is 1. The van der Waals surface area contributed by atoms with Crippen LogP contribution in [0.3, 0.4) is 0 Å². The Kier molecular flexibility index (Phi) is 3.70. The van der Waals surface area contributed by atoms with Gasteiger partial charge < -0.3 is 15.4 Å². The summed E-state index contributed by atoms with van der Waals surface area (Å²) in [5.74, 6) is 0.347. The topological polar surface area (TPSA) is 84.2 Å². The molecule has 0 bridgehead atoms. The number of H-pyrrole nitrogens is 1. The van der Waals surface area contributed by atoms with Crippen molar-refractivity contribution in [2.75, 3.05) is 19.9 Å². The van der Waals surface area contributed by atoms with Crippen molar-refractivity contribution in [3.63, 3.8) is 0 Å². The largest absolute Gasteiger partial charge is 0.495 e. The van der Waals surface area contributed by atoms with Crippen LogP contribution in [0.5, 0.6) is 5.75 Å². The molecule has 1 aromatic carbocycles. The number of anilines is 1. The van der Waals surface area contributed by atoms with E-state index in [9.17, 15) is 4.79 Å². The van der Waals surface area contributed by atoms with E-state index in [1.165, 1.54) is 7.11 Å². The predicted octanol–water partition coefficient (Wildman–Crippen LogP) is 1.27. The number of aromatic nitrogens is 2. The van der Waals surface area contributed by atoms with E-state index in [1.54, 1.807) is 42.5 Å². The van der Waals surface area contributed by atoms with Crippen LogP contribution in [0.2, 0.25) is 0 Å². The molecule has 2 aromatic rings. The van der Waals surface area contributed by atoms with Gasteiger partial charge in [0.15, 0.2) is 0 Å². The van der Waals surface area contributed by atoms with Crippen LogP contribution in [0.25, 0.3) is 0 Å². The van der Waals surface area contributed by atoms with Crippen LogP contribution < -0.4 is 10.5 Å². The van der Waals surface area contributed by atoms with Gasteiger partial charge in [0.2, 0.25) is 0 Å². The summed E-state index contributed by atoms with van der Waals surface area (Å²) in [7, 11) is 3.24. The fourth-order valence-corrected chi connectivity index (χ4v) is 1.82. The Bertz CT molecular complexity index is 566. The summed E-state index contributed by atoms with van der Waals surface area (Å²) in [6, 6.07) is 5.16. The van der Waals surface area contributed by atoms with Gasteiger partial charge in [-0.25, -0.2) is 0 Å². The Labute approximate surface area is 111 Å². The molecule has 3 N–H and O–H groups in total. The van der Waals surface area contributed by atoms with Gasteiger partial charge in [-0.05, 0) is 12.1 Å².